The van der Waals surface area contributed by atoms with E-state index in [9.17, 15) is 4.79 Å². The van der Waals surface area contributed by atoms with Crippen LogP contribution in [-0.4, -0.2) is 30.5 Å². The third-order valence-electron chi connectivity index (χ3n) is 5.26. The number of rotatable bonds is 4. The summed E-state index contributed by atoms with van der Waals surface area (Å²) in [4.78, 5) is 14.8. The van der Waals surface area contributed by atoms with E-state index < -0.39 is 11.6 Å². The summed E-state index contributed by atoms with van der Waals surface area (Å²) in [6.45, 7) is 3.97. The van der Waals surface area contributed by atoms with Crippen LogP contribution in [0.3, 0.4) is 0 Å². The number of methoxy groups -OCH3 is 1. The van der Waals surface area contributed by atoms with Gasteiger partial charge in [-0.25, -0.2) is 0 Å². The third kappa shape index (κ3) is 2.77. The summed E-state index contributed by atoms with van der Waals surface area (Å²) in [7, 11) is 1.61. The molecular formula is C21H22N2O4S. The zero-order chi connectivity index (χ0) is 19.9. The van der Waals surface area contributed by atoms with Gasteiger partial charge in [0.2, 0.25) is 5.72 Å². The summed E-state index contributed by atoms with van der Waals surface area (Å²) >= 11 is 5.68. The smallest absolute Gasteiger partial charge is 0.317 e. The van der Waals surface area contributed by atoms with Gasteiger partial charge >= 0.3 is 5.97 Å². The first kappa shape index (κ1) is 18.6. The molecule has 6 nitrogen and oxygen atoms in total. The van der Waals surface area contributed by atoms with E-state index in [2.05, 4.69) is 5.32 Å². The number of esters is 1. The van der Waals surface area contributed by atoms with E-state index in [1.54, 1.807) is 14.0 Å². The van der Waals surface area contributed by atoms with E-state index in [4.69, 9.17) is 26.4 Å². The molecule has 2 aliphatic heterocycles. The zero-order valence-electron chi connectivity index (χ0n) is 16.0. The average molecular weight is 398 g/mol. The summed E-state index contributed by atoms with van der Waals surface area (Å²) in [6.07, 6.45) is 0. The number of ether oxygens (including phenoxy) is 3. The number of fused-ring (bicyclic) bond motifs is 4. The Bertz CT molecular complexity index is 920. The lowest BCUT2D eigenvalue weighted by molar-refractivity contribution is -0.159. The topological polar surface area (TPSA) is 60.0 Å². The van der Waals surface area contributed by atoms with Crippen molar-refractivity contribution in [3.8, 4) is 11.5 Å². The van der Waals surface area contributed by atoms with Crippen LogP contribution in [0, 0.1) is 5.92 Å². The van der Waals surface area contributed by atoms with Gasteiger partial charge in [0.05, 0.1) is 19.8 Å². The number of nitrogens with zero attached hydrogens (tertiary/aromatic N) is 1. The lowest BCUT2D eigenvalue weighted by Crippen LogP contribution is -2.71. The number of carbonyl (C=O) groups is 1. The van der Waals surface area contributed by atoms with E-state index in [1.807, 2.05) is 60.4 Å². The Morgan fingerprint density at radius 1 is 1.29 bits per heavy atom. The quantitative estimate of drug-likeness (QED) is 0.625. The predicted octanol–water partition coefficient (Wildman–Crippen LogP) is 3.42. The van der Waals surface area contributed by atoms with Crippen molar-refractivity contribution in [3.63, 3.8) is 0 Å². The van der Waals surface area contributed by atoms with Crippen LogP contribution in [0.25, 0.3) is 0 Å². The van der Waals surface area contributed by atoms with Crippen molar-refractivity contribution in [2.45, 2.75) is 25.6 Å². The van der Waals surface area contributed by atoms with E-state index >= 15 is 0 Å². The Morgan fingerprint density at radius 2 is 2.04 bits per heavy atom. The molecule has 0 saturated carbocycles. The highest BCUT2D eigenvalue weighted by molar-refractivity contribution is 7.80. The van der Waals surface area contributed by atoms with Crippen molar-refractivity contribution < 1.29 is 19.0 Å². The van der Waals surface area contributed by atoms with Gasteiger partial charge in [-0.05, 0) is 50.3 Å². The largest absolute Gasteiger partial charge is 0.497 e. The average Bonchev–Trinajstić information content (AvgIpc) is 2.67. The normalized spacial score (nSPS) is 25.2. The van der Waals surface area contributed by atoms with Crippen molar-refractivity contribution >= 4 is 29.0 Å². The molecule has 0 spiro atoms. The Balaban J connectivity index is 1.89. The second-order valence-corrected chi connectivity index (χ2v) is 7.28. The number of para-hydroxylation sites is 1. The SMILES string of the molecule is CCOC(=O)[C@H]1[C@@H]2NC(=S)N(c3ccccc3)[C@@]1(C)Oc1cc(OC)ccc12. The van der Waals surface area contributed by atoms with Crippen molar-refractivity contribution in [1.82, 2.24) is 5.32 Å². The van der Waals surface area contributed by atoms with E-state index in [1.165, 1.54) is 0 Å². The molecule has 2 aromatic carbocycles. The highest BCUT2D eigenvalue weighted by atomic mass is 32.1. The third-order valence-corrected chi connectivity index (χ3v) is 5.56. The minimum atomic E-state index is -1.06. The molecule has 0 aromatic heterocycles. The monoisotopic (exact) mass is 398 g/mol. The van der Waals surface area contributed by atoms with Gasteiger partial charge in [0.25, 0.3) is 0 Å². The molecule has 2 aromatic rings. The van der Waals surface area contributed by atoms with Gasteiger partial charge in [-0.2, -0.15) is 0 Å². The number of thiocarbonyl (C=S) groups is 1. The first-order chi connectivity index (χ1) is 13.5. The van der Waals surface area contributed by atoms with Crippen LogP contribution in [-0.2, 0) is 9.53 Å². The molecule has 0 unspecified atom stereocenters. The fourth-order valence-corrected chi connectivity index (χ4v) is 4.46. The summed E-state index contributed by atoms with van der Waals surface area (Å²) < 4.78 is 17.2. The number of benzene rings is 2. The first-order valence-corrected chi connectivity index (χ1v) is 9.59. The van der Waals surface area contributed by atoms with Crippen LogP contribution in [0.1, 0.15) is 25.5 Å². The first-order valence-electron chi connectivity index (χ1n) is 9.19. The molecule has 7 heteroatoms. The molecular weight excluding hydrogens is 376 g/mol. The standard InChI is InChI=1S/C21H22N2O4S/c1-4-26-19(24)17-18-15-11-10-14(25-3)12-16(15)27-21(17,2)23(20(28)22-18)13-8-6-5-7-9-13/h5-12,17-18H,4H2,1-3H3,(H,22,28)/t17-,18-,21+/m1/s1. The van der Waals surface area contributed by atoms with Gasteiger partial charge in [0, 0.05) is 17.3 Å². The second kappa shape index (κ2) is 6.98. The minimum Gasteiger partial charge on any atom is -0.497 e. The van der Waals surface area contributed by atoms with Gasteiger partial charge in [0.15, 0.2) is 5.11 Å². The Morgan fingerprint density at radius 3 is 2.71 bits per heavy atom. The predicted molar refractivity (Wildman–Crippen MR) is 110 cm³/mol. The van der Waals surface area contributed by atoms with E-state index in [-0.39, 0.29) is 12.0 Å². The van der Waals surface area contributed by atoms with Gasteiger partial charge in [-0.3, -0.25) is 9.69 Å². The minimum absolute atomic E-state index is 0.295. The molecule has 2 heterocycles. The van der Waals surface area contributed by atoms with E-state index in [0.717, 1.165) is 11.3 Å². The lowest BCUT2D eigenvalue weighted by Gasteiger charge is -2.55. The molecule has 0 aliphatic carbocycles. The molecule has 3 atom stereocenters. The number of hydrogen-bond donors (Lipinski definition) is 1. The summed E-state index contributed by atoms with van der Waals surface area (Å²) in [5.41, 5.74) is 0.632. The maximum absolute atomic E-state index is 13.0. The molecule has 1 fully saturated rings. The highest BCUT2D eigenvalue weighted by Crippen LogP contribution is 2.50. The zero-order valence-corrected chi connectivity index (χ0v) is 16.8. The number of carbonyl (C=O) groups excluding carboxylic acids is 1. The Labute approximate surface area is 169 Å². The van der Waals surface area contributed by atoms with Crippen LogP contribution >= 0.6 is 12.2 Å². The van der Waals surface area contributed by atoms with Crippen LogP contribution in [0.2, 0.25) is 0 Å². The van der Waals surface area contributed by atoms with Gasteiger partial charge in [0.1, 0.15) is 17.4 Å². The summed E-state index contributed by atoms with van der Waals surface area (Å²) in [5, 5.41) is 3.84. The fraction of sp³-hybridized carbons (Fsp3) is 0.333. The summed E-state index contributed by atoms with van der Waals surface area (Å²) in [6, 6.07) is 14.9. The highest BCUT2D eigenvalue weighted by Gasteiger charge is 2.59. The van der Waals surface area contributed by atoms with Crippen molar-refractivity contribution in [3.05, 3.63) is 54.1 Å². The molecule has 1 saturated heterocycles. The second-order valence-electron chi connectivity index (χ2n) is 6.89. The van der Waals surface area contributed by atoms with Crippen molar-refractivity contribution in [2.75, 3.05) is 18.6 Å². The molecule has 2 bridgehead atoms. The van der Waals surface area contributed by atoms with Crippen LogP contribution in [0.15, 0.2) is 48.5 Å². The molecule has 146 valence electrons. The molecule has 0 radical (unpaired) electrons. The van der Waals surface area contributed by atoms with Crippen LogP contribution < -0.4 is 19.7 Å². The maximum atomic E-state index is 13.0. The number of hydrogen-bond acceptors (Lipinski definition) is 5. The summed E-state index contributed by atoms with van der Waals surface area (Å²) in [5.74, 6) is 0.403. The molecule has 1 N–H and O–H groups in total. The molecule has 4 rings (SSSR count). The fourth-order valence-electron chi connectivity index (χ4n) is 4.04. The number of nitrogens with one attached hydrogen (secondary N) is 1. The lowest BCUT2D eigenvalue weighted by atomic mass is 9.79. The van der Waals surface area contributed by atoms with Crippen LogP contribution in [0.5, 0.6) is 11.5 Å². The Kier molecular flexibility index (Phi) is 4.63. The van der Waals surface area contributed by atoms with Gasteiger partial charge < -0.3 is 19.5 Å². The molecule has 0 amide bonds. The van der Waals surface area contributed by atoms with Gasteiger partial charge in [-0.15, -0.1) is 0 Å². The molecule has 28 heavy (non-hydrogen) atoms. The van der Waals surface area contributed by atoms with Gasteiger partial charge in [-0.1, -0.05) is 18.2 Å². The van der Waals surface area contributed by atoms with Crippen molar-refractivity contribution in [1.29, 1.82) is 0 Å². The maximum Gasteiger partial charge on any atom is 0.317 e. The van der Waals surface area contributed by atoms with Crippen LogP contribution in [0.4, 0.5) is 5.69 Å². The van der Waals surface area contributed by atoms with Crippen molar-refractivity contribution in [2.24, 2.45) is 5.92 Å². The molecule has 2 aliphatic rings. The number of anilines is 1. The van der Waals surface area contributed by atoms with E-state index in [0.29, 0.717) is 23.2 Å². The Hall–Kier alpha value is -2.80.